The van der Waals surface area contributed by atoms with Gasteiger partial charge in [-0.1, -0.05) is 17.7 Å². The van der Waals surface area contributed by atoms with Crippen molar-refractivity contribution in [3.8, 4) is 0 Å². The van der Waals surface area contributed by atoms with E-state index in [0.717, 1.165) is 11.1 Å². The van der Waals surface area contributed by atoms with E-state index in [1.54, 1.807) is 30.3 Å². The van der Waals surface area contributed by atoms with Crippen molar-refractivity contribution in [3.63, 3.8) is 0 Å². The third kappa shape index (κ3) is 4.16. The number of carbonyl (C=O) groups excluding carboxylic acids is 1. The van der Waals surface area contributed by atoms with Crippen LogP contribution in [0.15, 0.2) is 47.4 Å². The Hall–Kier alpha value is -2.14. The quantitative estimate of drug-likeness (QED) is 0.853. The molecule has 0 aliphatic heterocycles. The zero-order chi connectivity index (χ0) is 15.4. The Morgan fingerprint density at radius 1 is 1.14 bits per heavy atom. The number of anilines is 2. The van der Waals surface area contributed by atoms with Gasteiger partial charge in [-0.15, -0.1) is 0 Å². The number of nitrogens with one attached hydrogen (secondary N) is 1. The molecule has 0 heterocycles. The normalized spacial score (nSPS) is 11.9. The molecule has 3 N–H and O–H groups in total. The minimum absolute atomic E-state index is 0.0626. The van der Waals surface area contributed by atoms with Crippen LogP contribution in [0.2, 0.25) is 0 Å². The molecule has 2 aromatic rings. The second kappa shape index (κ2) is 6.54. The molecule has 0 aliphatic carbocycles. The molecule has 110 valence electrons. The average Bonchev–Trinajstić information content (AvgIpc) is 2.42. The summed E-state index contributed by atoms with van der Waals surface area (Å²) in [6.45, 7) is 3.83. The Labute approximate surface area is 126 Å². The monoisotopic (exact) mass is 302 g/mol. The first-order valence-corrected chi connectivity index (χ1v) is 7.88. The molecule has 0 saturated heterocycles. The zero-order valence-corrected chi connectivity index (χ0v) is 12.9. The maximum absolute atomic E-state index is 12.1. The molecule has 0 fully saturated rings. The van der Waals surface area contributed by atoms with E-state index >= 15 is 0 Å². The molecule has 2 aromatic carbocycles. The summed E-state index contributed by atoms with van der Waals surface area (Å²) in [5, 5.41) is 2.76. The maximum Gasteiger partial charge on any atom is 0.237 e. The van der Waals surface area contributed by atoms with E-state index in [4.69, 9.17) is 5.73 Å². The van der Waals surface area contributed by atoms with Gasteiger partial charge in [-0.3, -0.25) is 9.00 Å². The van der Waals surface area contributed by atoms with Crippen LogP contribution in [-0.2, 0) is 15.6 Å². The van der Waals surface area contributed by atoms with E-state index in [1.807, 2.05) is 26.0 Å². The molecule has 1 unspecified atom stereocenters. The number of benzene rings is 2. The van der Waals surface area contributed by atoms with E-state index in [0.29, 0.717) is 16.3 Å². The van der Waals surface area contributed by atoms with Gasteiger partial charge in [0.1, 0.15) is 5.75 Å². The van der Waals surface area contributed by atoms with Crippen molar-refractivity contribution < 1.29 is 9.00 Å². The summed E-state index contributed by atoms with van der Waals surface area (Å²) in [5.41, 5.74) is 8.98. The van der Waals surface area contributed by atoms with Gasteiger partial charge in [-0.25, -0.2) is 0 Å². The average molecular weight is 302 g/mol. The molecule has 4 nitrogen and oxygen atoms in total. The summed E-state index contributed by atoms with van der Waals surface area (Å²) >= 11 is 0. The van der Waals surface area contributed by atoms with Crippen molar-refractivity contribution in [2.45, 2.75) is 18.7 Å². The van der Waals surface area contributed by atoms with Crippen molar-refractivity contribution in [3.05, 3.63) is 53.6 Å². The third-order valence-corrected chi connectivity index (χ3v) is 4.39. The fraction of sp³-hybridized carbons (Fsp3) is 0.188. The molecule has 1 atom stereocenters. The van der Waals surface area contributed by atoms with Gasteiger partial charge in [0.25, 0.3) is 0 Å². The number of amides is 1. The third-order valence-electron chi connectivity index (χ3n) is 3.07. The van der Waals surface area contributed by atoms with E-state index in [2.05, 4.69) is 5.32 Å². The van der Waals surface area contributed by atoms with Gasteiger partial charge in [0.05, 0.1) is 10.8 Å². The Morgan fingerprint density at radius 3 is 2.43 bits per heavy atom. The standard InChI is InChI=1S/C16H18N2O2S/c1-11-3-6-14(7-4-11)21(20)10-16(19)18-15-8-5-13(17)9-12(15)2/h3-9H,10,17H2,1-2H3,(H,18,19). The van der Waals surface area contributed by atoms with E-state index in [9.17, 15) is 9.00 Å². The number of carbonyl (C=O) groups is 1. The highest BCUT2D eigenvalue weighted by atomic mass is 32.2. The van der Waals surface area contributed by atoms with Crippen LogP contribution in [0.5, 0.6) is 0 Å². The molecule has 21 heavy (non-hydrogen) atoms. The molecule has 0 aliphatic rings. The van der Waals surface area contributed by atoms with Crippen molar-refractivity contribution in [1.82, 2.24) is 0 Å². The summed E-state index contributed by atoms with van der Waals surface area (Å²) in [6.07, 6.45) is 0. The summed E-state index contributed by atoms with van der Waals surface area (Å²) in [6, 6.07) is 12.6. The largest absolute Gasteiger partial charge is 0.399 e. The van der Waals surface area contributed by atoms with Gasteiger partial charge in [-0.05, 0) is 49.7 Å². The van der Waals surface area contributed by atoms with E-state index in [1.165, 1.54) is 0 Å². The number of hydrogen-bond donors (Lipinski definition) is 2. The summed E-state index contributed by atoms with van der Waals surface area (Å²) in [4.78, 5) is 12.6. The van der Waals surface area contributed by atoms with E-state index in [-0.39, 0.29) is 11.7 Å². The van der Waals surface area contributed by atoms with Crippen LogP contribution < -0.4 is 11.1 Å². The fourth-order valence-corrected chi connectivity index (χ4v) is 2.82. The van der Waals surface area contributed by atoms with Gasteiger partial charge in [-0.2, -0.15) is 0 Å². The number of rotatable bonds is 4. The SMILES string of the molecule is Cc1ccc(S(=O)CC(=O)Nc2ccc(N)cc2C)cc1. The lowest BCUT2D eigenvalue weighted by atomic mass is 10.2. The van der Waals surface area contributed by atoms with Gasteiger partial charge in [0.15, 0.2) is 0 Å². The number of aryl methyl sites for hydroxylation is 2. The molecular weight excluding hydrogens is 284 g/mol. The van der Waals surface area contributed by atoms with Crippen molar-refractivity contribution in [1.29, 1.82) is 0 Å². The van der Waals surface area contributed by atoms with Crippen LogP contribution in [0.3, 0.4) is 0 Å². The Morgan fingerprint density at radius 2 is 1.81 bits per heavy atom. The molecule has 0 spiro atoms. The Bertz CT molecular complexity index is 681. The number of nitrogen functional groups attached to an aromatic ring is 1. The van der Waals surface area contributed by atoms with Crippen LogP contribution in [0.1, 0.15) is 11.1 Å². The van der Waals surface area contributed by atoms with Gasteiger partial charge >= 0.3 is 0 Å². The topological polar surface area (TPSA) is 72.2 Å². The molecule has 1 amide bonds. The van der Waals surface area contributed by atoms with Crippen molar-refractivity contribution in [2.75, 3.05) is 16.8 Å². The molecule has 5 heteroatoms. The number of hydrogen-bond acceptors (Lipinski definition) is 3. The first-order valence-electron chi connectivity index (χ1n) is 6.57. The first-order chi connectivity index (χ1) is 9.95. The summed E-state index contributed by atoms with van der Waals surface area (Å²) in [7, 11) is -1.34. The predicted molar refractivity (Wildman–Crippen MR) is 86.7 cm³/mol. The highest BCUT2D eigenvalue weighted by molar-refractivity contribution is 7.85. The van der Waals surface area contributed by atoms with Crippen LogP contribution in [-0.4, -0.2) is 15.9 Å². The van der Waals surface area contributed by atoms with Crippen LogP contribution >= 0.6 is 0 Å². The van der Waals surface area contributed by atoms with Gasteiger partial charge in [0, 0.05) is 16.3 Å². The van der Waals surface area contributed by atoms with Crippen LogP contribution in [0.25, 0.3) is 0 Å². The molecule has 0 bridgehead atoms. The van der Waals surface area contributed by atoms with Crippen molar-refractivity contribution >= 4 is 28.1 Å². The first kappa shape index (κ1) is 15.3. The second-order valence-electron chi connectivity index (χ2n) is 4.93. The Kier molecular flexibility index (Phi) is 4.75. The maximum atomic E-state index is 12.1. The van der Waals surface area contributed by atoms with Crippen molar-refractivity contribution in [2.24, 2.45) is 0 Å². The zero-order valence-electron chi connectivity index (χ0n) is 12.1. The number of nitrogens with two attached hydrogens (primary N) is 1. The molecule has 0 radical (unpaired) electrons. The summed E-state index contributed by atoms with van der Waals surface area (Å²) in [5.74, 6) is -0.339. The van der Waals surface area contributed by atoms with Crippen LogP contribution in [0.4, 0.5) is 11.4 Å². The smallest absolute Gasteiger partial charge is 0.237 e. The second-order valence-corrected chi connectivity index (χ2v) is 6.38. The highest BCUT2D eigenvalue weighted by Gasteiger charge is 2.11. The van der Waals surface area contributed by atoms with E-state index < -0.39 is 10.8 Å². The lowest BCUT2D eigenvalue weighted by Crippen LogP contribution is -2.20. The fourth-order valence-electron chi connectivity index (χ4n) is 1.91. The minimum atomic E-state index is -1.34. The minimum Gasteiger partial charge on any atom is -0.399 e. The molecule has 0 aromatic heterocycles. The van der Waals surface area contributed by atoms with Crippen LogP contribution in [0, 0.1) is 13.8 Å². The molecule has 2 rings (SSSR count). The Balaban J connectivity index is 2.01. The predicted octanol–water partition coefficient (Wildman–Crippen LogP) is 2.63. The highest BCUT2D eigenvalue weighted by Crippen LogP contribution is 2.18. The lowest BCUT2D eigenvalue weighted by Gasteiger charge is -2.09. The summed E-state index contributed by atoms with van der Waals surface area (Å²) < 4.78 is 12.1. The van der Waals surface area contributed by atoms with Gasteiger partial charge in [0.2, 0.25) is 5.91 Å². The van der Waals surface area contributed by atoms with Gasteiger partial charge < -0.3 is 11.1 Å². The molecule has 0 saturated carbocycles. The molecular formula is C16H18N2O2S. The lowest BCUT2D eigenvalue weighted by molar-refractivity contribution is -0.113.